The second-order valence-electron chi connectivity index (χ2n) is 15.3. The average molecular weight is 854 g/mol. The fourth-order valence-corrected chi connectivity index (χ4v) is 5.80. The van der Waals surface area contributed by atoms with Crippen molar-refractivity contribution < 1.29 is 42.1 Å². The molecule has 2 atom stereocenters. The number of unbranched alkanes of at least 4 members (excludes halogenated alkanes) is 4. The highest BCUT2D eigenvalue weighted by Crippen LogP contribution is 2.38. The Kier molecular flexibility index (Phi) is 38.4. The Morgan fingerprint density at radius 2 is 0.917 bits per heavy atom. The predicted octanol–water partition coefficient (Wildman–Crippen LogP) is 12.3. The number of hydrogen-bond donors (Lipinski definition) is 0. The summed E-state index contributed by atoms with van der Waals surface area (Å²) in [6.07, 6.45) is 56.6. The molecule has 0 fully saturated rings. The number of esters is 2. The third kappa shape index (κ3) is 44.0. The molecule has 0 aromatic heterocycles. The third-order valence-electron chi connectivity index (χ3n) is 8.48. The molecule has 0 aromatic carbocycles. The van der Waals surface area contributed by atoms with Crippen LogP contribution in [0, 0.1) is 0 Å². The molecule has 0 N–H and O–H groups in total. The van der Waals surface area contributed by atoms with Gasteiger partial charge in [-0.1, -0.05) is 142 Å². The fourth-order valence-electron chi connectivity index (χ4n) is 5.07. The van der Waals surface area contributed by atoms with Crippen molar-refractivity contribution in [3.05, 3.63) is 122 Å². The maximum Gasteiger partial charge on any atom is 0.306 e. The van der Waals surface area contributed by atoms with E-state index < -0.39 is 32.5 Å². The highest BCUT2D eigenvalue weighted by Gasteiger charge is 2.21. The Labute approximate surface area is 365 Å². The highest BCUT2D eigenvalue weighted by atomic mass is 31.2. The van der Waals surface area contributed by atoms with Crippen LogP contribution in [-0.2, 0) is 32.7 Å². The molecular formula is C50H80NO8P. The molecule has 0 heterocycles. The van der Waals surface area contributed by atoms with E-state index in [0.717, 1.165) is 83.5 Å². The number of phosphoric acid groups is 1. The zero-order chi connectivity index (χ0) is 44.3. The molecule has 10 heteroatoms. The van der Waals surface area contributed by atoms with Crippen LogP contribution in [0.3, 0.4) is 0 Å². The van der Waals surface area contributed by atoms with Crippen LogP contribution in [0.25, 0.3) is 0 Å². The first-order chi connectivity index (χ1) is 29.0. The van der Waals surface area contributed by atoms with Gasteiger partial charge in [-0.05, 0) is 96.3 Å². The maximum absolute atomic E-state index is 12.7. The number of rotatable bonds is 38. The summed E-state index contributed by atoms with van der Waals surface area (Å²) in [5.74, 6) is -0.956. The molecule has 9 nitrogen and oxygen atoms in total. The van der Waals surface area contributed by atoms with Crippen molar-refractivity contribution in [2.75, 3.05) is 47.5 Å². The largest absolute Gasteiger partial charge is 0.756 e. The van der Waals surface area contributed by atoms with Crippen LogP contribution >= 0.6 is 7.82 Å². The van der Waals surface area contributed by atoms with Crippen LogP contribution in [0.5, 0.6) is 0 Å². The molecular weight excluding hydrogens is 774 g/mol. The zero-order valence-electron chi connectivity index (χ0n) is 37.8. The molecule has 338 valence electrons. The zero-order valence-corrected chi connectivity index (χ0v) is 38.7. The smallest absolute Gasteiger partial charge is 0.306 e. The number of phosphoric ester groups is 1. The molecule has 60 heavy (non-hydrogen) atoms. The molecule has 0 rings (SSSR count). The van der Waals surface area contributed by atoms with E-state index in [1.54, 1.807) is 0 Å². The Morgan fingerprint density at radius 1 is 0.517 bits per heavy atom. The number of ether oxygens (including phenoxy) is 2. The summed E-state index contributed by atoms with van der Waals surface area (Å²) in [4.78, 5) is 37.5. The summed E-state index contributed by atoms with van der Waals surface area (Å²) in [6, 6.07) is 0. The van der Waals surface area contributed by atoms with Gasteiger partial charge in [0.15, 0.2) is 6.10 Å². The van der Waals surface area contributed by atoms with Crippen LogP contribution in [0.1, 0.15) is 129 Å². The summed E-state index contributed by atoms with van der Waals surface area (Å²) >= 11 is 0. The van der Waals surface area contributed by atoms with E-state index in [-0.39, 0.29) is 26.1 Å². The van der Waals surface area contributed by atoms with E-state index in [1.165, 1.54) is 0 Å². The lowest BCUT2D eigenvalue weighted by atomic mass is 10.1. The van der Waals surface area contributed by atoms with E-state index >= 15 is 0 Å². The third-order valence-corrected chi connectivity index (χ3v) is 9.44. The van der Waals surface area contributed by atoms with Gasteiger partial charge in [0.2, 0.25) is 0 Å². The summed E-state index contributed by atoms with van der Waals surface area (Å²) < 4.78 is 33.8. The lowest BCUT2D eigenvalue weighted by Gasteiger charge is -2.28. The quantitative estimate of drug-likeness (QED) is 0.0198. The van der Waals surface area contributed by atoms with Gasteiger partial charge in [0.05, 0.1) is 27.7 Å². The molecule has 0 spiro atoms. The molecule has 0 bridgehead atoms. The summed E-state index contributed by atoms with van der Waals surface area (Å²) in [5, 5.41) is 0. The maximum atomic E-state index is 12.7. The average Bonchev–Trinajstić information content (AvgIpc) is 3.20. The predicted molar refractivity (Wildman–Crippen MR) is 249 cm³/mol. The van der Waals surface area contributed by atoms with Crippen molar-refractivity contribution >= 4 is 19.8 Å². The SMILES string of the molecule is CC/C=C\C/C=C\C/C=C\C/C=C\C/C=C\CCCCCC(=O)OC[C@H](COP(=O)([O-])OCC[N+](C)(C)C)OC(=O)CCC/C=C\C/C=C\C/C=C\C/C=C\C/C=C\CC. The molecule has 0 aliphatic rings. The summed E-state index contributed by atoms with van der Waals surface area (Å²) in [6.45, 7) is 3.85. The monoisotopic (exact) mass is 854 g/mol. The molecule has 0 aromatic rings. The van der Waals surface area contributed by atoms with Crippen molar-refractivity contribution in [3.63, 3.8) is 0 Å². The van der Waals surface area contributed by atoms with Crippen LogP contribution in [0.15, 0.2) is 122 Å². The Hall–Kier alpha value is -3.59. The topological polar surface area (TPSA) is 111 Å². The molecule has 0 saturated carbocycles. The first-order valence-electron chi connectivity index (χ1n) is 22.2. The van der Waals surface area contributed by atoms with Crippen LogP contribution in [-0.4, -0.2) is 70.0 Å². The normalized spacial score (nSPS) is 14.7. The summed E-state index contributed by atoms with van der Waals surface area (Å²) in [5.41, 5.74) is 0. The van der Waals surface area contributed by atoms with Crippen molar-refractivity contribution in [2.24, 2.45) is 0 Å². The second-order valence-corrected chi connectivity index (χ2v) is 16.7. The first-order valence-corrected chi connectivity index (χ1v) is 23.7. The minimum Gasteiger partial charge on any atom is -0.756 e. The number of carbonyl (C=O) groups excluding carboxylic acids is 2. The standard InChI is InChI=1S/C50H80NO8P/c1-6-8-10-12-14-16-18-20-22-24-25-27-28-30-32-34-36-38-40-42-49(52)56-46-48(47-58-60(54,55)57-45-44-51(3,4)5)59-50(53)43-41-39-37-35-33-31-29-26-23-21-19-17-15-13-11-9-7-2/h8-11,14-17,20-23,25,27,29-32,35,37,48H,6-7,12-13,18-19,24,26,28,33-34,36,38-47H2,1-5H3/b10-8-,11-9-,16-14-,17-15-,22-20-,23-21-,27-25-,31-29-,32-30-,37-35-/t48-/m1/s1. The highest BCUT2D eigenvalue weighted by molar-refractivity contribution is 7.45. The minimum atomic E-state index is -4.66. The minimum absolute atomic E-state index is 0.0550. The van der Waals surface area contributed by atoms with Crippen molar-refractivity contribution in [1.29, 1.82) is 0 Å². The molecule has 0 aliphatic heterocycles. The van der Waals surface area contributed by atoms with E-state index in [9.17, 15) is 19.0 Å². The number of allylic oxidation sites excluding steroid dienone is 20. The molecule has 1 unspecified atom stereocenters. The van der Waals surface area contributed by atoms with E-state index in [2.05, 4.69) is 129 Å². The molecule has 0 aliphatic carbocycles. The van der Waals surface area contributed by atoms with E-state index in [1.807, 2.05) is 27.2 Å². The number of carbonyl (C=O) groups is 2. The van der Waals surface area contributed by atoms with Gasteiger partial charge < -0.3 is 27.9 Å². The van der Waals surface area contributed by atoms with Gasteiger partial charge >= 0.3 is 11.9 Å². The first kappa shape index (κ1) is 56.4. The number of nitrogens with zero attached hydrogens (tertiary/aromatic N) is 1. The van der Waals surface area contributed by atoms with Crippen LogP contribution in [0.2, 0.25) is 0 Å². The lowest BCUT2D eigenvalue weighted by molar-refractivity contribution is -0.870. The van der Waals surface area contributed by atoms with Crippen LogP contribution < -0.4 is 4.89 Å². The van der Waals surface area contributed by atoms with Gasteiger partial charge in [-0.3, -0.25) is 14.2 Å². The lowest BCUT2D eigenvalue weighted by Crippen LogP contribution is -2.37. The number of likely N-dealkylation sites (N-methyl/N-ethyl adjacent to an activating group) is 1. The summed E-state index contributed by atoms with van der Waals surface area (Å²) in [7, 11) is 1.08. The number of hydrogen-bond acceptors (Lipinski definition) is 8. The van der Waals surface area contributed by atoms with E-state index in [4.69, 9.17) is 18.5 Å². The molecule has 0 saturated heterocycles. The van der Waals surface area contributed by atoms with Gasteiger partial charge in [0.1, 0.15) is 19.8 Å². The van der Waals surface area contributed by atoms with Crippen LogP contribution in [0.4, 0.5) is 0 Å². The fraction of sp³-hybridized carbons (Fsp3) is 0.560. The molecule has 0 amide bonds. The van der Waals surface area contributed by atoms with Crippen molar-refractivity contribution in [2.45, 2.75) is 136 Å². The Morgan fingerprint density at radius 3 is 1.35 bits per heavy atom. The Bertz CT molecular complexity index is 1430. The van der Waals surface area contributed by atoms with Gasteiger partial charge in [0, 0.05) is 12.8 Å². The Balaban J connectivity index is 4.54. The van der Waals surface area contributed by atoms with Gasteiger partial charge in [0.25, 0.3) is 7.82 Å². The number of quaternary nitrogens is 1. The second kappa shape index (κ2) is 40.8. The van der Waals surface area contributed by atoms with Gasteiger partial charge in [-0.15, -0.1) is 0 Å². The van der Waals surface area contributed by atoms with Crippen molar-refractivity contribution in [1.82, 2.24) is 0 Å². The van der Waals surface area contributed by atoms with E-state index in [0.29, 0.717) is 30.3 Å². The van der Waals surface area contributed by atoms with Crippen molar-refractivity contribution in [3.8, 4) is 0 Å². The van der Waals surface area contributed by atoms with Gasteiger partial charge in [-0.2, -0.15) is 0 Å². The molecule has 0 radical (unpaired) electrons. The van der Waals surface area contributed by atoms with Gasteiger partial charge in [-0.25, -0.2) is 0 Å².